The third kappa shape index (κ3) is 5.57. The van der Waals surface area contributed by atoms with Crippen LogP contribution in [0.5, 0.6) is 11.5 Å². The summed E-state index contributed by atoms with van der Waals surface area (Å²) in [5.74, 6) is -0.155. The van der Waals surface area contributed by atoms with E-state index in [9.17, 15) is 10.1 Å². The number of esters is 1. The fourth-order valence-corrected chi connectivity index (χ4v) is 4.42. The maximum Gasteiger partial charge on any atom is 0.338 e. The van der Waals surface area contributed by atoms with Crippen molar-refractivity contribution in [3.05, 3.63) is 79.3 Å². The van der Waals surface area contributed by atoms with Gasteiger partial charge < -0.3 is 24.7 Å². The molecule has 0 aliphatic carbocycles. The van der Waals surface area contributed by atoms with E-state index in [1.807, 2.05) is 31.2 Å². The second kappa shape index (κ2) is 11.4. The van der Waals surface area contributed by atoms with Gasteiger partial charge in [-0.3, -0.25) is 0 Å². The summed E-state index contributed by atoms with van der Waals surface area (Å²) in [5, 5.41) is 9.82. The smallest absolute Gasteiger partial charge is 0.338 e. The summed E-state index contributed by atoms with van der Waals surface area (Å²) >= 11 is 7.00. The van der Waals surface area contributed by atoms with Crippen molar-refractivity contribution in [3.8, 4) is 17.6 Å². The lowest BCUT2D eigenvalue weighted by atomic mass is 9.83. The molecule has 0 saturated heterocycles. The van der Waals surface area contributed by atoms with Crippen molar-refractivity contribution >= 4 is 37.8 Å². The maximum atomic E-state index is 12.8. The molecule has 0 bridgehead atoms. The van der Waals surface area contributed by atoms with E-state index in [1.165, 1.54) is 0 Å². The Kier molecular flexibility index (Phi) is 8.64. The Bertz CT molecular complexity index is 1180. The number of nitriles is 1. The fourth-order valence-electron chi connectivity index (χ4n) is 3.58. The van der Waals surface area contributed by atoms with E-state index < -0.39 is 11.9 Å². The molecule has 1 atom stereocenters. The van der Waals surface area contributed by atoms with Gasteiger partial charge in [0.15, 0.2) is 11.5 Å². The second-order valence-corrected chi connectivity index (χ2v) is 9.06. The van der Waals surface area contributed by atoms with Crippen molar-refractivity contribution in [2.75, 3.05) is 13.2 Å². The highest BCUT2D eigenvalue weighted by molar-refractivity contribution is 9.10. The maximum absolute atomic E-state index is 12.8. The van der Waals surface area contributed by atoms with Crippen molar-refractivity contribution in [3.63, 3.8) is 0 Å². The predicted molar refractivity (Wildman–Crippen MR) is 134 cm³/mol. The van der Waals surface area contributed by atoms with Crippen LogP contribution in [0.25, 0.3) is 0 Å². The SMILES string of the molecule is CCOC(=O)C1=C(C)OC(N)=C(C#N)C1c1cc(Br)c(OCc2ccc(Br)cc2)c(OCC)c1. The van der Waals surface area contributed by atoms with Crippen molar-refractivity contribution in [2.24, 2.45) is 5.73 Å². The van der Waals surface area contributed by atoms with Crippen LogP contribution in [0.2, 0.25) is 0 Å². The first-order valence-electron chi connectivity index (χ1n) is 10.6. The summed E-state index contributed by atoms with van der Waals surface area (Å²) in [5.41, 5.74) is 7.93. The van der Waals surface area contributed by atoms with Gasteiger partial charge in [-0.1, -0.05) is 28.1 Å². The number of hydrogen-bond acceptors (Lipinski definition) is 7. The van der Waals surface area contributed by atoms with Gasteiger partial charge in [0.05, 0.1) is 29.2 Å². The topological polar surface area (TPSA) is 104 Å². The molecule has 1 unspecified atom stereocenters. The highest BCUT2D eigenvalue weighted by atomic mass is 79.9. The number of carbonyl (C=O) groups is 1. The minimum absolute atomic E-state index is 0.0531. The molecule has 178 valence electrons. The highest BCUT2D eigenvalue weighted by Gasteiger charge is 2.37. The lowest BCUT2D eigenvalue weighted by molar-refractivity contribution is -0.139. The fraction of sp³-hybridized carbons (Fsp3) is 0.280. The number of hydrogen-bond donors (Lipinski definition) is 1. The van der Waals surface area contributed by atoms with Gasteiger partial charge in [0.25, 0.3) is 0 Å². The minimum Gasteiger partial charge on any atom is -0.490 e. The van der Waals surface area contributed by atoms with Gasteiger partial charge in [-0.15, -0.1) is 0 Å². The molecule has 0 saturated carbocycles. The lowest BCUT2D eigenvalue weighted by Crippen LogP contribution is -2.25. The van der Waals surface area contributed by atoms with Crippen LogP contribution in [0.3, 0.4) is 0 Å². The molecule has 2 aromatic carbocycles. The summed E-state index contributed by atoms with van der Waals surface area (Å²) < 4.78 is 24.3. The van der Waals surface area contributed by atoms with Crippen LogP contribution < -0.4 is 15.2 Å². The second-order valence-electron chi connectivity index (χ2n) is 7.29. The van der Waals surface area contributed by atoms with Gasteiger partial charge in [-0.25, -0.2) is 4.79 Å². The van der Waals surface area contributed by atoms with E-state index in [4.69, 9.17) is 24.7 Å². The molecule has 1 heterocycles. The van der Waals surface area contributed by atoms with Crippen LogP contribution in [0.1, 0.15) is 37.8 Å². The van der Waals surface area contributed by atoms with Crippen molar-refractivity contribution in [1.29, 1.82) is 5.26 Å². The summed E-state index contributed by atoms with van der Waals surface area (Å²) in [7, 11) is 0. The molecule has 0 radical (unpaired) electrons. The molecule has 3 rings (SSSR count). The number of carbonyl (C=O) groups excluding carboxylic acids is 1. The third-order valence-electron chi connectivity index (χ3n) is 5.06. The summed E-state index contributed by atoms with van der Waals surface area (Å²) in [6.45, 7) is 6.09. The first-order valence-corrected chi connectivity index (χ1v) is 12.2. The molecule has 1 aliphatic heterocycles. The quantitative estimate of drug-likeness (QED) is 0.385. The average Bonchev–Trinajstić information content (AvgIpc) is 2.79. The molecule has 0 spiro atoms. The van der Waals surface area contributed by atoms with E-state index >= 15 is 0 Å². The zero-order chi connectivity index (χ0) is 24.8. The van der Waals surface area contributed by atoms with Crippen molar-refractivity contribution in [1.82, 2.24) is 0 Å². The predicted octanol–water partition coefficient (Wildman–Crippen LogP) is 5.83. The molecule has 0 amide bonds. The van der Waals surface area contributed by atoms with Crippen molar-refractivity contribution in [2.45, 2.75) is 33.3 Å². The highest BCUT2D eigenvalue weighted by Crippen LogP contribution is 2.45. The lowest BCUT2D eigenvalue weighted by Gasteiger charge is -2.27. The molecular weight excluding hydrogens is 568 g/mol. The van der Waals surface area contributed by atoms with E-state index in [2.05, 4.69) is 37.9 Å². The Labute approximate surface area is 215 Å². The first-order chi connectivity index (χ1) is 16.3. The third-order valence-corrected chi connectivity index (χ3v) is 6.18. The van der Waals surface area contributed by atoms with E-state index in [-0.39, 0.29) is 29.4 Å². The van der Waals surface area contributed by atoms with Crippen molar-refractivity contribution < 1.29 is 23.7 Å². The molecule has 2 aromatic rings. The van der Waals surface area contributed by atoms with Gasteiger partial charge in [-0.05, 0) is 72.1 Å². The number of benzene rings is 2. The van der Waals surface area contributed by atoms with Gasteiger partial charge in [0.1, 0.15) is 24.0 Å². The first kappa shape index (κ1) is 25.7. The normalized spacial score (nSPS) is 15.5. The molecule has 9 heteroatoms. The van der Waals surface area contributed by atoms with Gasteiger partial charge in [0.2, 0.25) is 5.88 Å². The number of halogens is 2. The molecule has 34 heavy (non-hydrogen) atoms. The van der Waals surface area contributed by atoms with E-state index in [0.717, 1.165) is 10.0 Å². The Morgan fingerprint density at radius 3 is 2.47 bits per heavy atom. The number of nitrogens with zero attached hydrogens (tertiary/aromatic N) is 1. The average molecular weight is 592 g/mol. The number of rotatable bonds is 8. The molecule has 7 nitrogen and oxygen atoms in total. The van der Waals surface area contributed by atoms with Gasteiger partial charge in [-0.2, -0.15) is 5.26 Å². The van der Waals surface area contributed by atoms with Crippen LogP contribution in [0.4, 0.5) is 0 Å². The van der Waals surface area contributed by atoms with Gasteiger partial charge in [0, 0.05) is 4.47 Å². The molecule has 1 aliphatic rings. The van der Waals surface area contributed by atoms with E-state index in [1.54, 1.807) is 26.0 Å². The zero-order valence-corrected chi connectivity index (χ0v) is 22.2. The Morgan fingerprint density at radius 1 is 1.15 bits per heavy atom. The molecule has 0 aromatic heterocycles. The van der Waals surface area contributed by atoms with Crippen LogP contribution in [0.15, 0.2) is 68.1 Å². The number of ether oxygens (including phenoxy) is 4. The summed E-state index contributed by atoms with van der Waals surface area (Å²) in [6.07, 6.45) is 0. The largest absolute Gasteiger partial charge is 0.490 e. The van der Waals surface area contributed by atoms with Crippen LogP contribution in [-0.4, -0.2) is 19.2 Å². The van der Waals surface area contributed by atoms with E-state index in [0.29, 0.717) is 34.7 Å². The summed E-state index contributed by atoms with van der Waals surface area (Å²) in [4.78, 5) is 12.8. The minimum atomic E-state index is -0.783. The van der Waals surface area contributed by atoms with Crippen LogP contribution in [0, 0.1) is 11.3 Å². The Hall–Kier alpha value is -2.96. The Balaban J connectivity index is 2.06. The molecule has 2 N–H and O–H groups in total. The molecule has 0 fully saturated rings. The van der Waals surface area contributed by atoms with Crippen LogP contribution in [-0.2, 0) is 20.9 Å². The number of allylic oxidation sites excluding steroid dienone is 2. The number of nitrogens with two attached hydrogens (primary N) is 1. The summed E-state index contributed by atoms with van der Waals surface area (Å²) in [6, 6.07) is 13.4. The van der Waals surface area contributed by atoms with Crippen LogP contribution >= 0.6 is 31.9 Å². The monoisotopic (exact) mass is 590 g/mol. The zero-order valence-electron chi connectivity index (χ0n) is 19.0. The Morgan fingerprint density at radius 2 is 1.85 bits per heavy atom. The standard InChI is InChI=1S/C25H24Br2N2O5/c1-4-31-20-11-16(10-19(27)23(20)33-13-15-6-8-17(26)9-7-15)22-18(12-28)24(29)34-14(3)21(22)25(30)32-5-2/h6-11,22H,4-5,13,29H2,1-3H3. The molecular formula is C25H24Br2N2O5. The van der Waals surface area contributed by atoms with Gasteiger partial charge >= 0.3 is 5.97 Å².